The van der Waals surface area contributed by atoms with E-state index in [1.165, 1.54) is 5.57 Å². The third kappa shape index (κ3) is 6.79. The fraction of sp³-hybridized carbons (Fsp3) is 0.296. The van der Waals surface area contributed by atoms with Crippen molar-refractivity contribution in [3.8, 4) is 17.6 Å². The Morgan fingerprint density at radius 1 is 1.19 bits per heavy atom. The SMILES string of the molecule is CC#CC(CC(=O)O)c1ccc(OCc2cc(C/C3=C/C/C=C\CC=C3)oc2C)cc1. The molecule has 1 N–H and O–H groups in total. The summed E-state index contributed by atoms with van der Waals surface area (Å²) in [6.45, 7) is 4.09. The van der Waals surface area contributed by atoms with E-state index in [-0.39, 0.29) is 12.3 Å². The number of carboxylic acid groups (broad SMARTS) is 1. The van der Waals surface area contributed by atoms with Crippen molar-refractivity contribution in [2.45, 2.75) is 52.1 Å². The van der Waals surface area contributed by atoms with E-state index >= 15 is 0 Å². The molecule has 3 rings (SSSR count). The third-order valence-corrected chi connectivity index (χ3v) is 5.11. The number of rotatable bonds is 8. The van der Waals surface area contributed by atoms with E-state index in [1.807, 2.05) is 31.2 Å². The lowest BCUT2D eigenvalue weighted by Crippen LogP contribution is -2.04. The zero-order valence-electron chi connectivity index (χ0n) is 18.1. The van der Waals surface area contributed by atoms with E-state index in [9.17, 15) is 4.79 Å². The van der Waals surface area contributed by atoms with Gasteiger partial charge in [-0.15, -0.1) is 5.92 Å². The molecule has 4 nitrogen and oxygen atoms in total. The van der Waals surface area contributed by atoms with Crippen molar-refractivity contribution in [3.63, 3.8) is 0 Å². The van der Waals surface area contributed by atoms with Crippen LogP contribution in [-0.2, 0) is 17.8 Å². The minimum atomic E-state index is -0.860. The van der Waals surface area contributed by atoms with Gasteiger partial charge in [-0.1, -0.05) is 48.4 Å². The zero-order chi connectivity index (χ0) is 22.1. The van der Waals surface area contributed by atoms with Crippen LogP contribution in [0.5, 0.6) is 5.75 Å². The lowest BCUT2D eigenvalue weighted by Gasteiger charge is -2.10. The minimum Gasteiger partial charge on any atom is -0.489 e. The Morgan fingerprint density at radius 2 is 1.97 bits per heavy atom. The van der Waals surface area contributed by atoms with E-state index in [1.54, 1.807) is 6.92 Å². The van der Waals surface area contributed by atoms with E-state index < -0.39 is 5.97 Å². The summed E-state index contributed by atoms with van der Waals surface area (Å²) in [4.78, 5) is 11.1. The second-order valence-corrected chi connectivity index (χ2v) is 7.50. The highest BCUT2D eigenvalue weighted by Gasteiger charge is 2.14. The van der Waals surface area contributed by atoms with Gasteiger partial charge in [-0.25, -0.2) is 0 Å². The number of hydrogen-bond acceptors (Lipinski definition) is 3. The monoisotopic (exact) mass is 416 g/mol. The van der Waals surface area contributed by atoms with Crippen LogP contribution in [0.25, 0.3) is 0 Å². The maximum Gasteiger partial charge on any atom is 0.304 e. The maximum absolute atomic E-state index is 11.1. The van der Waals surface area contributed by atoms with Crippen molar-refractivity contribution in [2.24, 2.45) is 0 Å². The molecular weight excluding hydrogens is 388 g/mol. The normalized spacial score (nSPS) is 16.8. The smallest absolute Gasteiger partial charge is 0.304 e. The molecule has 1 aliphatic carbocycles. The first kappa shape index (κ1) is 22.2. The van der Waals surface area contributed by atoms with Gasteiger partial charge in [-0.2, -0.15) is 0 Å². The Bertz CT molecular complexity index is 1040. The van der Waals surface area contributed by atoms with E-state index in [2.05, 4.69) is 48.3 Å². The van der Waals surface area contributed by atoms with E-state index in [0.29, 0.717) is 6.61 Å². The summed E-state index contributed by atoms with van der Waals surface area (Å²) in [5.74, 6) is 7.11. The molecule has 0 fully saturated rings. The molecule has 0 amide bonds. The highest BCUT2D eigenvalue weighted by atomic mass is 16.5. The molecule has 1 atom stereocenters. The van der Waals surface area contributed by atoms with Gasteiger partial charge in [0, 0.05) is 12.0 Å². The van der Waals surface area contributed by atoms with Gasteiger partial charge < -0.3 is 14.3 Å². The van der Waals surface area contributed by atoms with Crippen LogP contribution in [0.4, 0.5) is 0 Å². The number of benzene rings is 1. The van der Waals surface area contributed by atoms with Gasteiger partial charge >= 0.3 is 5.97 Å². The Balaban J connectivity index is 1.61. The average Bonchev–Trinajstić information content (AvgIpc) is 3.07. The first-order chi connectivity index (χ1) is 15.0. The molecule has 1 aromatic carbocycles. The predicted octanol–water partition coefficient (Wildman–Crippen LogP) is 6.12. The number of furan rings is 1. The summed E-state index contributed by atoms with van der Waals surface area (Å²) in [5, 5.41) is 9.08. The zero-order valence-corrected chi connectivity index (χ0v) is 18.1. The Hall–Kier alpha value is -3.45. The topological polar surface area (TPSA) is 59.7 Å². The van der Waals surface area contributed by atoms with Crippen LogP contribution in [0.2, 0.25) is 0 Å². The molecule has 0 radical (unpaired) electrons. The fourth-order valence-corrected chi connectivity index (χ4v) is 3.49. The molecule has 1 unspecified atom stereocenters. The van der Waals surface area contributed by atoms with Gasteiger partial charge in [0.2, 0.25) is 0 Å². The molecule has 1 aromatic heterocycles. The van der Waals surface area contributed by atoms with Crippen LogP contribution in [0.1, 0.15) is 54.8 Å². The number of carbonyl (C=O) groups is 1. The molecule has 0 spiro atoms. The first-order valence-corrected chi connectivity index (χ1v) is 10.5. The number of aliphatic carboxylic acids is 1. The molecule has 0 aliphatic heterocycles. The number of ether oxygens (including phenoxy) is 1. The largest absolute Gasteiger partial charge is 0.489 e. The van der Waals surface area contributed by atoms with Gasteiger partial charge in [0.05, 0.1) is 12.3 Å². The van der Waals surface area contributed by atoms with Crippen molar-refractivity contribution in [1.82, 2.24) is 0 Å². The third-order valence-electron chi connectivity index (χ3n) is 5.11. The van der Waals surface area contributed by atoms with Gasteiger partial charge in [0.1, 0.15) is 23.9 Å². The summed E-state index contributed by atoms with van der Waals surface area (Å²) >= 11 is 0. The maximum atomic E-state index is 11.1. The van der Waals surface area contributed by atoms with Crippen molar-refractivity contribution >= 4 is 5.97 Å². The van der Waals surface area contributed by atoms with E-state index in [0.717, 1.165) is 47.7 Å². The van der Waals surface area contributed by atoms with Crippen LogP contribution in [0.15, 0.2) is 70.7 Å². The summed E-state index contributed by atoms with van der Waals surface area (Å²) in [6.07, 6.45) is 13.6. The van der Waals surface area contributed by atoms with Gasteiger partial charge in [-0.05, 0) is 56.0 Å². The molecule has 2 aromatic rings. The van der Waals surface area contributed by atoms with Crippen molar-refractivity contribution in [1.29, 1.82) is 0 Å². The second kappa shape index (κ2) is 11.1. The number of hydrogen-bond donors (Lipinski definition) is 1. The second-order valence-electron chi connectivity index (χ2n) is 7.50. The molecule has 0 saturated carbocycles. The standard InChI is InChI=1S/C27H28O4/c1-3-9-23(18-27(28)29)22-12-14-25(15-13-22)30-19-24-17-26(31-20(24)2)16-21-10-7-5-4-6-8-11-21/h4-5,8,10-15,17,23H,6-7,16,18-19H2,1-2H3,(H,28,29)/b5-4-,11-8?,21-10+. The summed E-state index contributed by atoms with van der Waals surface area (Å²) in [6, 6.07) is 9.53. The summed E-state index contributed by atoms with van der Waals surface area (Å²) < 4.78 is 11.9. The Morgan fingerprint density at radius 3 is 2.71 bits per heavy atom. The lowest BCUT2D eigenvalue weighted by molar-refractivity contribution is -0.137. The lowest BCUT2D eigenvalue weighted by atomic mass is 9.96. The molecule has 1 heterocycles. The van der Waals surface area contributed by atoms with Gasteiger partial charge in [0.25, 0.3) is 0 Å². The number of allylic oxidation sites excluding steroid dienone is 6. The fourth-order valence-electron chi connectivity index (χ4n) is 3.49. The summed E-state index contributed by atoms with van der Waals surface area (Å²) in [7, 11) is 0. The molecule has 1 aliphatic rings. The van der Waals surface area contributed by atoms with Crippen LogP contribution in [0, 0.1) is 18.8 Å². The first-order valence-electron chi connectivity index (χ1n) is 10.5. The molecule has 4 heteroatoms. The predicted molar refractivity (Wildman–Crippen MR) is 122 cm³/mol. The highest BCUT2D eigenvalue weighted by Crippen LogP contribution is 2.24. The minimum absolute atomic E-state index is 0.0139. The highest BCUT2D eigenvalue weighted by molar-refractivity contribution is 5.69. The molecular formula is C27H28O4. The number of carboxylic acids is 1. The van der Waals surface area contributed by atoms with Crippen LogP contribution >= 0.6 is 0 Å². The van der Waals surface area contributed by atoms with E-state index in [4.69, 9.17) is 14.3 Å². The molecule has 160 valence electrons. The van der Waals surface area contributed by atoms with Crippen LogP contribution < -0.4 is 4.74 Å². The van der Waals surface area contributed by atoms with Gasteiger partial charge in [0.15, 0.2) is 0 Å². The van der Waals surface area contributed by atoms with Crippen LogP contribution in [0.3, 0.4) is 0 Å². The van der Waals surface area contributed by atoms with Crippen molar-refractivity contribution in [2.75, 3.05) is 0 Å². The van der Waals surface area contributed by atoms with Crippen LogP contribution in [-0.4, -0.2) is 11.1 Å². The summed E-state index contributed by atoms with van der Waals surface area (Å²) in [5.41, 5.74) is 3.16. The Kier molecular flexibility index (Phi) is 7.95. The van der Waals surface area contributed by atoms with Gasteiger partial charge in [-0.3, -0.25) is 4.79 Å². The number of aryl methyl sites for hydroxylation is 1. The van der Waals surface area contributed by atoms with Crippen molar-refractivity contribution in [3.05, 3.63) is 88.9 Å². The molecule has 0 saturated heterocycles. The average molecular weight is 417 g/mol. The molecule has 31 heavy (non-hydrogen) atoms. The van der Waals surface area contributed by atoms with Crippen molar-refractivity contribution < 1.29 is 19.1 Å². The quantitative estimate of drug-likeness (QED) is 0.416. The Labute approximate surface area is 183 Å². The molecule has 0 bridgehead atoms.